The van der Waals surface area contributed by atoms with Crippen molar-refractivity contribution < 1.29 is 34.0 Å². The molecule has 0 radical (unpaired) electrons. The maximum absolute atomic E-state index is 12.3. The number of hydrogen-bond acceptors (Lipinski definition) is 7. The maximum Gasteiger partial charge on any atom is 0.470 e. The largest absolute Gasteiger partial charge is 0.507 e. The quantitative estimate of drug-likeness (QED) is 0.0289. The highest BCUT2D eigenvalue weighted by atomic mass is 79.9. The van der Waals surface area contributed by atoms with E-state index in [2.05, 4.69) is 22.9 Å². The molecule has 1 unspecified atom stereocenters. The first kappa shape index (κ1) is 37.1. The van der Waals surface area contributed by atoms with Crippen molar-refractivity contribution in [2.75, 3.05) is 0 Å². The number of hydrogen-bond donors (Lipinski definition) is 5. The van der Waals surface area contributed by atoms with Gasteiger partial charge in [-0.05, 0) is 40.4 Å². The molecule has 2 aromatic carbocycles. The fourth-order valence-corrected chi connectivity index (χ4v) is 6.23. The Bertz CT molecular complexity index is 1210. The topological polar surface area (TPSA) is 176 Å². The number of nitrogens with two attached hydrogens (primary N) is 1. The number of aliphatic hydroxyl groups is 1. The van der Waals surface area contributed by atoms with Crippen LogP contribution < -0.4 is 5.73 Å². The van der Waals surface area contributed by atoms with E-state index in [1.165, 1.54) is 69.6 Å². The van der Waals surface area contributed by atoms with E-state index in [1.807, 2.05) is 6.08 Å². The van der Waals surface area contributed by atoms with Crippen LogP contribution in [-0.2, 0) is 14.7 Å². The van der Waals surface area contributed by atoms with Crippen LogP contribution in [0, 0.1) is 10.1 Å². The molecule has 2 aromatic rings. The number of aliphatic hydroxyl groups excluding tert-OH is 1. The molecule has 0 aliphatic carbocycles. The lowest BCUT2D eigenvalue weighted by atomic mass is 9.79. The molecular weight excluding hydrogens is 639 g/mol. The van der Waals surface area contributed by atoms with E-state index in [-0.39, 0.29) is 15.6 Å². The molecule has 0 bridgehead atoms. The Balaban J connectivity index is 2.15. The van der Waals surface area contributed by atoms with E-state index < -0.39 is 48.4 Å². The minimum absolute atomic E-state index is 0.00997. The predicted octanol–water partition coefficient (Wildman–Crippen LogP) is 7.75. The minimum atomic E-state index is -5.30. The van der Waals surface area contributed by atoms with Gasteiger partial charge in [-0.3, -0.25) is 14.6 Å². The van der Waals surface area contributed by atoms with Crippen LogP contribution in [0.5, 0.6) is 5.75 Å². The summed E-state index contributed by atoms with van der Waals surface area (Å²) in [5.74, 6) is -0.406. The van der Waals surface area contributed by atoms with Crippen LogP contribution in [0.15, 0.2) is 59.1 Å². The zero-order chi connectivity index (χ0) is 31.9. The predicted molar refractivity (Wildman–Crippen MR) is 172 cm³/mol. The number of unbranched alkanes of at least 4 members (excludes halogenated alkanes) is 11. The number of phosphoric acid groups is 1. The van der Waals surface area contributed by atoms with Gasteiger partial charge < -0.3 is 25.7 Å². The van der Waals surface area contributed by atoms with Crippen LogP contribution in [0.1, 0.15) is 102 Å². The SMILES string of the molecule is CCCCCCCCCCCCC/C=C/[C@@H](O)[C@@H](N)CC(OP(=O)(O)O)(c1ccccc1)c1cc(O)c(Br)cc1[N+](=O)[O-]. The molecule has 6 N–H and O–H groups in total. The Labute approximate surface area is 262 Å². The smallest absolute Gasteiger partial charge is 0.470 e. The van der Waals surface area contributed by atoms with Crippen LogP contribution in [0.4, 0.5) is 5.69 Å². The molecule has 2 rings (SSSR count). The summed E-state index contributed by atoms with van der Waals surface area (Å²) >= 11 is 3.06. The van der Waals surface area contributed by atoms with Crippen LogP contribution in [0.2, 0.25) is 0 Å². The number of nitrogens with zero attached hydrogens (tertiary/aromatic N) is 1. The van der Waals surface area contributed by atoms with Gasteiger partial charge in [0.2, 0.25) is 0 Å². The molecule has 12 heteroatoms. The van der Waals surface area contributed by atoms with E-state index in [0.717, 1.165) is 37.8 Å². The van der Waals surface area contributed by atoms with Crippen molar-refractivity contribution in [2.24, 2.45) is 5.73 Å². The van der Waals surface area contributed by atoms with Crippen molar-refractivity contribution in [2.45, 2.75) is 108 Å². The summed E-state index contributed by atoms with van der Waals surface area (Å²) in [6.45, 7) is 2.22. The van der Waals surface area contributed by atoms with Crippen LogP contribution >= 0.6 is 23.8 Å². The van der Waals surface area contributed by atoms with Gasteiger partial charge in [0.15, 0.2) is 0 Å². The summed E-state index contributed by atoms with van der Waals surface area (Å²) in [5.41, 5.74) is 3.44. The first-order valence-electron chi connectivity index (χ1n) is 15.0. The third-order valence-electron chi connectivity index (χ3n) is 7.48. The van der Waals surface area contributed by atoms with Crippen LogP contribution in [0.3, 0.4) is 0 Å². The second kappa shape index (κ2) is 18.6. The maximum atomic E-state index is 12.3. The average molecular weight is 686 g/mol. The molecule has 3 atom stereocenters. The van der Waals surface area contributed by atoms with Gasteiger partial charge in [-0.25, -0.2) is 4.57 Å². The lowest BCUT2D eigenvalue weighted by Gasteiger charge is -2.37. The normalized spacial score (nSPS) is 14.9. The number of rotatable bonds is 21. The molecule has 10 nitrogen and oxygen atoms in total. The van der Waals surface area contributed by atoms with E-state index >= 15 is 0 Å². The average Bonchev–Trinajstić information content (AvgIpc) is 2.95. The van der Waals surface area contributed by atoms with Gasteiger partial charge in [0, 0.05) is 18.5 Å². The minimum Gasteiger partial charge on any atom is -0.507 e. The molecule has 0 aliphatic heterocycles. The Morgan fingerprint density at radius 1 is 1.02 bits per heavy atom. The van der Waals surface area contributed by atoms with Gasteiger partial charge in [-0.15, -0.1) is 0 Å². The number of allylic oxidation sites excluding steroid dienone is 1. The van der Waals surface area contributed by atoms with Crippen LogP contribution in [-0.4, -0.2) is 37.1 Å². The lowest BCUT2D eigenvalue weighted by molar-refractivity contribution is -0.386. The number of phosphoric ester groups is 1. The zero-order valence-electron chi connectivity index (χ0n) is 24.8. The van der Waals surface area contributed by atoms with Crippen molar-refractivity contribution in [3.05, 3.63) is 80.3 Å². The highest BCUT2D eigenvalue weighted by molar-refractivity contribution is 9.10. The van der Waals surface area contributed by atoms with Gasteiger partial charge in [-0.2, -0.15) is 0 Å². The monoisotopic (exact) mass is 684 g/mol. The molecule has 0 aromatic heterocycles. The number of phenols is 1. The summed E-state index contributed by atoms with van der Waals surface area (Å²) < 4.78 is 17.7. The molecule has 0 heterocycles. The molecule has 0 saturated carbocycles. The number of phenolic OH excluding ortho intramolecular Hbond substituents is 1. The van der Waals surface area contributed by atoms with E-state index in [9.17, 15) is 34.7 Å². The highest BCUT2D eigenvalue weighted by Crippen LogP contribution is 2.54. The standard InChI is InChI=1S/C31H46BrN2O8P/c1-2-3-4-5-6-7-8-9-10-11-12-13-17-20-29(35)27(33)23-31(42-43(39,40)41,24-18-15-14-16-19-24)25-21-30(36)26(32)22-28(25)34(37)38/h14-22,27,29,35-36H,2-13,23,33H2,1H3,(H2,39,40,41)/b20-17+/t27-,29+,31?/m0/s1. The van der Waals surface area contributed by atoms with Crippen molar-refractivity contribution in [3.63, 3.8) is 0 Å². The van der Waals surface area contributed by atoms with Gasteiger partial charge >= 0.3 is 7.82 Å². The van der Waals surface area contributed by atoms with Gasteiger partial charge in [-0.1, -0.05) is 114 Å². The van der Waals surface area contributed by atoms with E-state index in [4.69, 9.17) is 10.3 Å². The van der Waals surface area contributed by atoms with Gasteiger partial charge in [0.05, 0.1) is 21.1 Å². The Morgan fingerprint density at radius 2 is 1.58 bits per heavy atom. The van der Waals surface area contributed by atoms with Crippen molar-refractivity contribution in [1.29, 1.82) is 0 Å². The fourth-order valence-electron chi connectivity index (χ4n) is 5.22. The molecule has 0 spiro atoms. The first-order chi connectivity index (χ1) is 20.4. The third kappa shape index (κ3) is 12.4. The molecule has 43 heavy (non-hydrogen) atoms. The van der Waals surface area contributed by atoms with Gasteiger partial charge in [0.25, 0.3) is 5.69 Å². The Morgan fingerprint density at radius 3 is 2.12 bits per heavy atom. The Hall–Kier alpha value is -2.11. The molecule has 0 amide bonds. The van der Waals surface area contributed by atoms with E-state index in [1.54, 1.807) is 18.2 Å². The number of aromatic hydroxyl groups is 1. The molecule has 0 fully saturated rings. The lowest BCUT2D eigenvalue weighted by Crippen LogP contribution is -2.43. The Kier molecular flexibility index (Phi) is 16.1. The summed E-state index contributed by atoms with van der Waals surface area (Å²) in [4.78, 5) is 31.2. The summed E-state index contributed by atoms with van der Waals surface area (Å²) in [6, 6.07) is 8.68. The molecule has 0 aliphatic rings. The third-order valence-corrected chi connectivity index (χ3v) is 8.67. The number of nitro groups is 1. The molecule has 240 valence electrons. The zero-order valence-corrected chi connectivity index (χ0v) is 27.3. The van der Waals surface area contributed by atoms with Crippen molar-refractivity contribution >= 4 is 29.4 Å². The van der Waals surface area contributed by atoms with Crippen molar-refractivity contribution in [1.82, 2.24) is 0 Å². The van der Waals surface area contributed by atoms with Gasteiger partial charge in [0.1, 0.15) is 11.4 Å². The second-order valence-electron chi connectivity index (χ2n) is 11.0. The first-order valence-corrected chi connectivity index (χ1v) is 17.3. The van der Waals surface area contributed by atoms with Crippen LogP contribution in [0.25, 0.3) is 0 Å². The number of nitro benzene ring substituents is 1. The second-order valence-corrected chi connectivity index (χ2v) is 13.0. The summed E-state index contributed by atoms with van der Waals surface area (Å²) in [5, 5.41) is 33.4. The van der Waals surface area contributed by atoms with E-state index in [0.29, 0.717) is 0 Å². The molecular formula is C31H46BrN2O8P. The van der Waals surface area contributed by atoms with Crippen molar-refractivity contribution in [3.8, 4) is 5.75 Å². The summed E-state index contributed by atoms with van der Waals surface area (Å²) in [6.07, 6.45) is 15.9. The molecule has 0 saturated heterocycles. The number of benzene rings is 2. The highest BCUT2D eigenvalue weighted by Gasteiger charge is 2.47. The summed E-state index contributed by atoms with van der Waals surface area (Å²) in [7, 11) is -5.30. The number of halogens is 1. The fraction of sp³-hybridized carbons (Fsp3) is 0.548.